The molecule has 0 atom stereocenters. The molecule has 2 rings (SSSR count). The fourth-order valence-electron chi connectivity index (χ4n) is 1.41. The van der Waals surface area contributed by atoms with Crippen molar-refractivity contribution in [3.05, 3.63) is 23.7 Å². The maximum atomic E-state index is 11.3. The van der Waals surface area contributed by atoms with E-state index in [9.17, 15) is 4.79 Å². The standard InChI is InChI=1S/C10H11N3O3/c1-6-4-7(10(14)15-3)16-8(6)9-11-5-12-13(9)2/h4-5H,1-3H3. The molecular formula is C10H11N3O3. The summed E-state index contributed by atoms with van der Waals surface area (Å²) in [6.45, 7) is 1.83. The van der Waals surface area contributed by atoms with Crippen molar-refractivity contribution in [2.45, 2.75) is 6.92 Å². The maximum absolute atomic E-state index is 11.3. The highest BCUT2D eigenvalue weighted by molar-refractivity contribution is 5.87. The summed E-state index contributed by atoms with van der Waals surface area (Å²) in [5.41, 5.74) is 0.816. The number of rotatable bonds is 2. The predicted octanol–water partition coefficient (Wildman–Crippen LogP) is 1.17. The number of carbonyl (C=O) groups is 1. The van der Waals surface area contributed by atoms with Crippen LogP contribution in [0.2, 0.25) is 0 Å². The van der Waals surface area contributed by atoms with E-state index < -0.39 is 5.97 Å². The molecular weight excluding hydrogens is 210 g/mol. The lowest BCUT2D eigenvalue weighted by molar-refractivity contribution is 0.0566. The molecule has 2 aromatic heterocycles. The lowest BCUT2D eigenvalue weighted by atomic mass is 10.2. The first-order valence-corrected chi connectivity index (χ1v) is 4.66. The van der Waals surface area contributed by atoms with E-state index in [1.807, 2.05) is 6.92 Å². The first-order chi connectivity index (χ1) is 7.63. The summed E-state index contributed by atoms with van der Waals surface area (Å²) in [4.78, 5) is 15.3. The van der Waals surface area contributed by atoms with Crippen LogP contribution < -0.4 is 0 Å². The van der Waals surface area contributed by atoms with Crippen molar-refractivity contribution in [2.24, 2.45) is 7.05 Å². The van der Waals surface area contributed by atoms with Crippen LogP contribution in [0.3, 0.4) is 0 Å². The zero-order valence-electron chi connectivity index (χ0n) is 9.22. The van der Waals surface area contributed by atoms with Crippen molar-refractivity contribution in [3.8, 4) is 11.6 Å². The SMILES string of the molecule is COC(=O)c1cc(C)c(-c2ncnn2C)o1. The Balaban J connectivity index is 2.47. The zero-order valence-corrected chi connectivity index (χ0v) is 9.22. The first-order valence-electron chi connectivity index (χ1n) is 4.66. The molecule has 0 amide bonds. The predicted molar refractivity (Wildman–Crippen MR) is 54.8 cm³/mol. The molecule has 0 aromatic carbocycles. The topological polar surface area (TPSA) is 70.2 Å². The summed E-state index contributed by atoms with van der Waals surface area (Å²) in [7, 11) is 3.06. The van der Waals surface area contributed by atoms with E-state index >= 15 is 0 Å². The van der Waals surface area contributed by atoms with E-state index in [4.69, 9.17) is 4.42 Å². The van der Waals surface area contributed by atoms with E-state index in [2.05, 4.69) is 14.8 Å². The van der Waals surface area contributed by atoms with Gasteiger partial charge in [0.1, 0.15) is 6.33 Å². The zero-order chi connectivity index (χ0) is 11.7. The molecule has 0 fully saturated rings. The van der Waals surface area contributed by atoms with Crippen LogP contribution in [0.25, 0.3) is 11.6 Å². The van der Waals surface area contributed by atoms with Crippen molar-refractivity contribution >= 4 is 5.97 Å². The largest absolute Gasteiger partial charge is 0.463 e. The Hall–Kier alpha value is -2.11. The molecule has 0 bridgehead atoms. The average molecular weight is 221 g/mol. The third-order valence-corrected chi connectivity index (χ3v) is 2.22. The molecule has 0 aliphatic rings. The minimum absolute atomic E-state index is 0.165. The van der Waals surface area contributed by atoms with E-state index in [1.54, 1.807) is 17.8 Å². The molecule has 0 spiro atoms. The van der Waals surface area contributed by atoms with Gasteiger partial charge in [0.25, 0.3) is 0 Å². The molecule has 0 unspecified atom stereocenters. The van der Waals surface area contributed by atoms with Gasteiger partial charge in [-0.25, -0.2) is 14.5 Å². The van der Waals surface area contributed by atoms with Crippen LogP contribution in [0.5, 0.6) is 0 Å². The Bertz CT molecular complexity index is 527. The molecule has 0 aliphatic carbocycles. The number of nitrogens with zero attached hydrogens (tertiary/aromatic N) is 3. The highest BCUT2D eigenvalue weighted by Gasteiger charge is 2.18. The summed E-state index contributed by atoms with van der Waals surface area (Å²) in [5.74, 6) is 0.766. The molecule has 16 heavy (non-hydrogen) atoms. The van der Waals surface area contributed by atoms with Crippen molar-refractivity contribution in [2.75, 3.05) is 7.11 Å². The Morgan fingerprint density at radius 1 is 1.56 bits per heavy atom. The normalized spacial score (nSPS) is 10.4. The Morgan fingerprint density at radius 3 is 2.88 bits per heavy atom. The maximum Gasteiger partial charge on any atom is 0.373 e. The number of aromatic nitrogens is 3. The summed E-state index contributed by atoms with van der Waals surface area (Å²) < 4.78 is 11.5. The highest BCUT2D eigenvalue weighted by atomic mass is 16.5. The van der Waals surface area contributed by atoms with Gasteiger partial charge in [-0.3, -0.25) is 0 Å². The van der Waals surface area contributed by atoms with Crippen LogP contribution in [-0.4, -0.2) is 27.8 Å². The van der Waals surface area contributed by atoms with Crippen molar-refractivity contribution in [1.29, 1.82) is 0 Å². The van der Waals surface area contributed by atoms with Gasteiger partial charge in [-0.1, -0.05) is 0 Å². The van der Waals surface area contributed by atoms with Gasteiger partial charge in [0.05, 0.1) is 7.11 Å². The number of esters is 1. The second-order valence-corrected chi connectivity index (χ2v) is 3.32. The molecule has 0 N–H and O–H groups in total. The van der Waals surface area contributed by atoms with Crippen molar-refractivity contribution in [1.82, 2.24) is 14.8 Å². The number of carbonyl (C=O) groups excluding carboxylic acids is 1. The third kappa shape index (κ3) is 1.58. The molecule has 6 nitrogen and oxygen atoms in total. The summed E-state index contributed by atoms with van der Waals surface area (Å²) >= 11 is 0. The number of ether oxygens (including phenoxy) is 1. The fraction of sp³-hybridized carbons (Fsp3) is 0.300. The summed E-state index contributed by atoms with van der Waals surface area (Å²) in [5, 5.41) is 3.94. The van der Waals surface area contributed by atoms with Crippen molar-refractivity contribution < 1.29 is 13.9 Å². The first kappa shape index (κ1) is 10.4. The second kappa shape index (κ2) is 3.80. The number of aryl methyl sites for hydroxylation is 2. The number of methoxy groups -OCH3 is 1. The van der Waals surface area contributed by atoms with E-state index in [1.165, 1.54) is 13.4 Å². The van der Waals surface area contributed by atoms with Gasteiger partial charge >= 0.3 is 5.97 Å². The smallest absolute Gasteiger partial charge is 0.373 e. The van der Waals surface area contributed by atoms with Crippen LogP contribution in [0.1, 0.15) is 16.1 Å². The van der Waals surface area contributed by atoms with Crippen LogP contribution >= 0.6 is 0 Å². The highest BCUT2D eigenvalue weighted by Crippen LogP contribution is 2.24. The van der Waals surface area contributed by atoms with E-state index in [-0.39, 0.29) is 5.76 Å². The van der Waals surface area contributed by atoms with Gasteiger partial charge in [-0.2, -0.15) is 5.10 Å². The van der Waals surface area contributed by atoms with Gasteiger partial charge in [0.15, 0.2) is 11.6 Å². The quantitative estimate of drug-likeness (QED) is 0.712. The number of hydrogen-bond acceptors (Lipinski definition) is 5. The minimum Gasteiger partial charge on any atom is -0.463 e. The average Bonchev–Trinajstić information content (AvgIpc) is 2.83. The number of furan rings is 1. The lowest BCUT2D eigenvalue weighted by Gasteiger charge is -1.97. The number of hydrogen-bond donors (Lipinski definition) is 0. The van der Waals surface area contributed by atoms with Crippen LogP contribution in [0.4, 0.5) is 0 Å². The Morgan fingerprint density at radius 2 is 2.31 bits per heavy atom. The van der Waals surface area contributed by atoms with E-state index in [0.717, 1.165) is 5.56 Å². The second-order valence-electron chi connectivity index (χ2n) is 3.32. The van der Waals surface area contributed by atoms with Gasteiger partial charge < -0.3 is 9.15 Å². The summed E-state index contributed by atoms with van der Waals surface area (Å²) in [6.07, 6.45) is 1.43. The van der Waals surface area contributed by atoms with Crippen LogP contribution in [-0.2, 0) is 11.8 Å². The van der Waals surface area contributed by atoms with Crippen molar-refractivity contribution in [3.63, 3.8) is 0 Å². The van der Waals surface area contributed by atoms with Gasteiger partial charge in [-0.05, 0) is 18.6 Å². The molecule has 0 radical (unpaired) electrons. The van der Waals surface area contributed by atoms with Crippen LogP contribution in [0.15, 0.2) is 16.8 Å². The molecule has 0 saturated heterocycles. The monoisotopic (exact) mass is 221 g/mol. The van der Waals surface area contributed by atoms with Gasteiger partial charge in [0.2, 0.25) is 5.76 Å². The molecule has 0 saturated carbocycles. The molecule has 2 aromatic rings. The van der Waals surface area contributed by atoms with Gasteiger partial charge in [0, 0.05) is 7.05 Å². The molecule has 6 heteroatoms. The van der Waals surface area contributed by atoms with Crippen LogP contribution in [0, 0.1) is 6.92 Å². The lowest BCUT2D eigenvalue weighted by Crippen LogP contribution is -1.98. The van der Waals surface area contributed by atoms with Gasteiger partial charge in [-0.15, -0.1) is 0 Å². The minimum atomic E-state index is -0.503. The van der Waals surface area contributed by atoms with E-state index in [0.29, 0.717) is 11.6 Å². The Kier molecular flexibility index (Phi) is 2.47. The molecule has 0 aliphatic heterocycles. The fourth-order valence-corrected chi connectivity index (χ4v) is 1.41. The summed E-state index contributed by atoms with van der Waals surface area (Å²) in [6, 6.07) is 1.62. The Labute approximate surface area is 91.8 Å². The third-order valence-electron chi connectivity index (χ3n) is 2.22. The molecule has 2 heterocycles. The molecule has 84 valence electrons.